The molecule has 2 rings (SSSR count). The summed E-state index contributed by atoms with van der Waals surface area (Å²) in [6, 6.07) is 0.260. The molecule has 0 radical (unpaired) electrons. The Hall–Kier alpha value is -0.690. The van der Waals surface area contributed by atoms with Gasteiger partial charge in [0.2, 0.25) is 0 Å². The average molecular weight is 300 g/mol. The highest BCUT2D eigenvalue weighted by Gasteiger charge is 2.40. The predicted molar refractivity (Wildman–Crippen MR) is 79.1 cm³/mol. The van der Waals surface area contributed by atoms with Gasteiger partial charge < -0.3 is 20.2 Å². The first-order valence-electron chi connectivity index (χ1n) is 7.81. The van der Waals surface area contributed by atoms with Crippen molar-refractivity contribution < 1.29 is 20.1 Å². The molecule has 1 aliphatic carbocycles. The van der Waals surface area contributed by atoms with Crippen molar-refractivity contribution in [3.63, 3.8) is 0 Å². The molecule has 6 heteroatoms. The highest BCUT2D eigenvalue weighted by atomic mass is 16.4. The molecule has 1 heterocycles. The van der Waals surface area contributed by atoms with E-state index in [1.807, 2.05) is 14.1 Å². The van der Waals surface area contributed by atoms with E-state index in [1.165, 1.54) is 0 Å². The first kappa shape index (κ1) is 16.7. The second kappa shape index (κ2) is 6.60. The summed E-state index contributed by atoms with van der Waals surface area (Å²) < 4.78 is 0. The number of hydrogen-bond donors (Lipinski definition) is 3. The van der Waals surface area contributed by atoms with Crippen LogP contribution in [0.1, 0.15) is 32.1 Å². The molecule has 0 amide bonds. The van der Waals surface area contributed by atoms with Crippen LogP contribution in [0.2, 0.25) is 0 Å². The summed E-state index contributed by atoms with van der Waals surface area (Å²) in [6.45, 7) is 2.00. The van der Waals surface area contributed by atoms with Gasteiger partial charge in [-0.15, -0.1) is 0 Å². The van der Waals surface area contributed by atoms with Crippen LogP contribution in [-0.4, -0.2) is 82.6 Å². The summed E-state index contributed by atoms with van der Waals surface area (Å²) in [5.41, 5.74) is -0.805. The lowest BCUT2D eigenvalue weighted by Crippen LogP contribution is -2.49. The third-order valence-corrected chi connectivity index (χ3v) is 4.84. The fourth-order valence-electron chi connectivity index (χ4n) is 3.70. The van der Waals surface area contributed by atoms with Crippen LogP contribution >= 0.6 is 0 Å². The molecule has 0 bridgehead atoms. The van der Waals surface area contributed by atoms with Crippen molar-refractivity contribution in [3.05, 3.63) is 0 Å². The minimum atomic E-state index is -0.805. The summed E-state index contributed by atoms with van der Waals surface area (Å²) in [5.74, 6) is -1.06. The number of β-amino-alcohol motifs (C(OH)–C–C–N with tert-alkyl or cyclic N) is 2. The maximum Gasteiger partial charge on any atom is 0.306 e. The Kier molecular flexibility index (Phi) is 5.24. The Bertz CT molecular complexity index is 367. The number of carbonyl (C=O) groups is 1. The maximum atomic E-state index is 11.0. The van der Waals surface area contributed by atoms with E-state index >= 15 is 0 Å². The summed E-state index contributed by atoms with van der Waals surface area (Å²) in [4.78, 5) is 15.3. The molecule has 3 N–H and O–H groups in total. The molecule has 0 spiro atoms. The Balaban J connectivity index is 1.92. The number of likely N-dealkylation sites (tertiary alicyclic amines) is 1. The lowest BCUT2D eigenvalue weighted by Gasteiger charge is -2.39. The molecule has 1 saturated carbocycles. The minimum absolute atomic E-state index is 0.260. The second-order valence-corrected chi connectivity index (χ2v) is 7.07. The number of likely N-dealkylation sites (N-methyl/N-ethyl adjacent to an activating group) is 1. The van der Waals surface area contributed by atoms with E-state index < -0.39 is 11.6 Å². The highest BCUT2D eigenvalue weighted by molar-refractivity contribution is 5.70. The standard InChI is InChI=1S/C15H28N2O4/c1-16(2)8-12-7-13(18)9-17(12)10-15(21)5-3-11(4-6-15)14(19)20/h11-13,18,21H,3-10H2,1-2H3,(H,19,20). The van der Waals surface area contributed by atoms with Gasteiger partial charge in [0.15, 0.2) is 0 Å². The van der Waals surface area contributed by atoms with E-state index in [0.717, 1.165) is 13.0 Å². The lowest BCUT2D eigenvalue weighted by molar-refractivity contribution is -0.145. The second-order valence-electron chi connectivity index (χ2n) is 7.07. The average Bonchev–Trinajstić information content (AvgIpc) is 2.68. The van der Waals surface area contributed by atoms with Gasteiger partial charge in [0.1, 0.15) is 0 Å². The predicted octanol–water partition coefficient (Wildman–Crippen LogP) is -0.0109. The molecular formula is C15H28N2O4. The third-order valence-electron chi connectivity index (χ3n) is 4.84. The van der Waals surface area contributed by atoms with Crippen LogP contribution in [0.4, 0.5) is 0 Å². The molecular weight excluding hydrogens is 272 g/mol. The molecule has 6 nitrogen and oxygen atoms in total. The van der Waals surface area contributed by atoms with Crippen LogP contribution in [-0.2, 0) is 4.79 Å². The van der Waals surface area contributed by atoms with Crippen molar-refractivity contribution in [2.75, 3.05) is 33.7 Å². The van der Waals surface area contributed by atoms with Crippen LogP contribution in [0, 0.1) is 5.92 Å². The quantitative estimate of drug-likeness (QED) is 0.662. The zero-order valence-electron chi connectivity index (χ0n) is 13.0. The Morgan fingerprint density at radius 2 is 1.95 bits per heavy atom. The van der Waals surface area contributed by atoms with Gasteiger partial charge in [-0.1, -0.05) is 0 Å². The SMILES string of the molecule is CN(C)CC1CC(O)CN1CC1(O)CCC(C(=O)O)CC1. The van der Waals surface area contributed by atoms with Crippen molar-refractivity contribution in [2.45, 2.75) is 49.9 Å². The first-order chi connectivity index (χ1) is 9.79. The van der Waals surface area contributed by atoms with E-state index in [1.54, 1.807) is 0 Å². The van der Waals surface area contributed by atoms with Gasteiger partial charge >= 0.3 is 5.97 Å². The molecule has 1 saturated heterocycles. The van der Waals surface area contributed by atoms with Crippen molar-refractivity contribution in [2.24, 2.45) is 5.92 Å². The summed E-state index contributed by atoms with van der Waals surface area (Å²) in [7, 11) is 4.02. The molecule has 1 aliphatic heterocycles. The largest absolute Gasteiger partial charge is 0.481 e. The fraction of sp³-hybridized carbons (Fsp3) is 0.933. The summed E-state index contributed by atoms with van der Waals surface area (Å²) in [5, 5.41) is 29.7. The molecule has 0 aromatic rings. The van der Waals surface area contributed by atoms with Crippen molar-refractivity contribution >= 4 is 5.97 Å². The van der Waals surface area contributed by atoms with Gasteiger partial charge in [0, 0.05) is 25.7 Å². The summed E-state index contributed by atoms with van der Waals surface area (Å²) in [6.07, 6.45) is 2.57. The number of carboxylic acid groups (broad SMARTS) is 1. The lowest BCUT2D eigenvalue weighted by atomic mass is 9.78. The Labute approximate surface area is 126 Å². The Morgan fingerprint density at radius 1 is 1.33 bits per heavy atom. The van der Waals surface area contributed by atoms with Crippen LogP contribution < -0.4 is 0 Å². The highest BCUT2D eigenvalue weighted by Crippen LogP contribution is 2.34. The third kappa shape index (κ3) is 4.39. The van der Waals surface area contributed by atoms with Crippen LogP contribution in [0.25, 0.3) is 0 Å². The molecule has 122 valence electrons. The first-order valence-corrected chi connectivity index (χ1v) is 7.81. The smallest absolute Gasteiger partial charge is 0.306 e. The number of hydrogen-bond acceptors (Lipinski definition) is 5. The Morgan fingerprint density at radius 3 is 2.48 bits per heavy atom. The van der Waals surface area contributed by atoms with Crippen molar-refractivity contribution in [1.82, 2.24) is 9.80 Å². The van der Waals surface area contributed by atoms with Gasteiger partial charge in [-0.2, -0.15) is 0 Å². The van der Waals surface area contributed by atoms with E-state index in [2.05, 4.69) is 9.80 Å². The van der Waals surface area contributed by atoms with Crippen molar-refractivity contribution in [1.29, 1.82) is 0 Å². The van der Waals surface area contributed by atoms with E-state index in [-0.39, 0.29) is 18.1 Å². The maximum absolute atomic E-state index is 11.0. The number of nitrogens with zero attached hydrogens (tertiary/aromatic N) is 2. The normalized spacial score (nSPS) is 38.0. The van der Waals surface area contributed by atoms with Gasteiger partial charge in [-0.25, -0.2) is 0 Å². The van der Waals surface area contributed by atoms with Crippen LogP contribution in [0.5, 0.6) is 0 Å². The molecule has 2 unspecified atom stereocenters. The van der Waals surface area contributed by atoms with E-state index in [9.17, 15) is 15.0 Å². The van der Waals surface area contributed by atoms with Crippen molar-refractivity contribution in [3.8, 4) is 0 Å². The number of aliphatic hydroxyl groups excluding tert-OH is 1. The van der Waals surface area contributed by atoms with Crippen LogP contribution in [0.15, 0.2) is 0 Å². The van der Waals surface area contributed by atoms with Gasteiger partial charge in [0.05, 0.1) is 17.6 Å². The minimum Gasteiger partial charge on any atom is -0.481 e. The number of rotatable bonds is 5. The molecule has 2 aliphatic rings. The number of aliphatic carboxylic acids is 1. The molecule has 2 atom stereocenters. The fourth-order valence-corrected chi connectivity index (χ4v) is 3.70. The summed E-state index contributed by atoms with van der Waals surface area (Å²) >= 11 is 0. The van der Waals surface area contributed by atoms with Gasteiger partial charge in [0.25, 0.3) is 0 Å². The molecule has 0 aromatic carbocycles. The van der Waals surface area contributed by atoms with Gasteiger partial charge in [-0.3, -0.25) is 9.69 Å². The number of aliphatic hydroxyl groups is 2. The number of carboxylic acids is 1. The molecule has 2 fully saturated rings. The zero-order chi connectivity index (χ0) is 15.6. The topological polar surface area (TPSA) is 84.2 Å². The van der Waals surface area contributed by atoms with E-state index in [0.29, 0.717) is 38.8 Å². The van der Waals surface area contributed by atoms with Gasteiger partial charge in [-0.05, 0) is 46.2 Å². The zero-order valence-corrected chi connectivity index (χ0v) is 13.0. The van der Waals surface area contributed by atoms with E-state index in [4.69, 9.17) is 5.11 Å². The monoisotopic (exact) mass is 300 g/mol. The molecule has 0 aromatic heterocycles. The molecule has 21 heavy (non-hydrogen) atoms. The van der Waals surface area contributed by atoms with Crippen LogP contribution in [0.3, 0.4) is 0 Å².